The summed E-state index contributed by atoms with van der Waals surface area (Å²) in [5.41, 5.74) is 1.78. The molecule has 1 saturated heterocycles. The fraction of sp³-hybridized carbons (Fsp3) is 0.500. The van der Waals surface area contributed by atoms with Gasteiger partial charge in [-0.05, 0) is 53.9 Å². The van der Waals surface area contributed by atoms with Crippen molar-refractivity contribution in [3.63, 3.8) is 0 Å². The van der Waals surface area contributed by atoms with Gasteiger partial charge in [-0.3, -0.25) is 4.79 Å². The minimum Gasteiger partial charge on any atom is -0.324 e. The highest BCUT2D eigenvalue weighted by atomic mass is 79.9. The van der Waals surface area contributed by atoms with E-state index >= 15 is 0 Å². The molecule has 1 aromatic rings. The van der Waals surface area contributed by atoms with Crippen LogP contribution >= 0.6 is 15.9 Å². The Labute approximate surface area is 109 Å². The number of anilines is 1. The smallest absolute Gasteiger partial charge is 0.228 e. The number of pyridine rings is 1. The maximum atomic E-state index is 12.0. The first-order valence-electron chi connectivity index (χ1n) is 5.80. The third-order valence-corrected chi connectivity index (χ3v) is 3.78. The molecule has 5 heteroatoms. The molecule has 0 aliphatic carbocycles. The van der Waals surface area contributed by atoms with Crippen LogP contribution in [0, 0.1) is 12.8 Å². The van der Waals surface area contributed by atoms with Crippen LogP contribution in [-0.2, 0) is 4.79 Å². The van der Waals surface area contributed by atoms with E-state index in [9.17, 15) is 4.79 Å². The number of hydrogen-bond acceptors (Lipinski definition) is 3. The van der Waals surface area contributed by atoms with Crippen LogP contribution in [-0.4, -0.2) is 24.0 Å². The quantitative estimate of drug-likeness (QED) is 0.822. The monoisotopic (exact) mass is 297 g/mol. The van der Waals surface area contributed by atoms with Crippen molar-refractivity contribution >= 4 is 27.5 Å². The van der Waals surface area contributed by atoms with Gasteiger partial charge in [0.15, 0.2) is 0 Å². The normalized spacial score (nSPS) is 20.0. The summed E-state index contributed by atoms with van der Waals surface area (Å²) in [7, 11) is 0. The molecule has 0 saturated carbocycles. The number of nitrogens with one attached hydrogen (secondary N) is 2. The molecule has 4 nitrogen and oxygen atoms in total. The van der Waals surface area contributed by atoms with Crippen LogP contribution in [0.5, 0.6) is 0 Å². The van der Waals surface area contributed by atoms with Crippen LogP contribution in [0.15, 0.2) is 16.9 Å². The fourth-order valence-electron chi connectivity index (χ4n) is 1.95. The van der Waals surface area contributed by atoms with Crippen molar-refractivity contribution in [3.05, 3.63) is 22.4 Å². The first-order chi connectivity index (χ1) is 8.16. The summed E-state index contributed by atoms with van der Waals surface area (Å²) < 4.78 is 0.815. The minimum atomic E-state index is 0.0766. The van der Waals surface area contributed by atoms with Gasteiger partial charge in [-0.15, -0.1) is 0 Å². The van der Waals surface area contributed by atoms with E-state index in [0.29, 0.717) is 0 Å². The van der Waals surface area contributed by atoms with Gasteiger partial charge in [-0.1, -0.05) is 0 Å². The zero-order chi connectivity index (χ0) is 12.3. The van der Waals surface area contributed by atoms with E-state index < -0.39 is 0 Å². The van der Waals surface area contributed by atoms with Crippen molar-refractivity contribution in [2.45, 2.75) is 19.8 Å². The first kappa shape index (κ1) is 12.5. The number of amides is 1. The molecule has 1 aromatic heterocycles. The zero-order valence-corrected chi connectivity index (χ0v) is 11.4. The molecule has 1 fully saturated rings. The maximum Gasteiger partial charge on any atom is 0.228 e. The Kier molecular flexibility index (Phi) is 4.12. The average Bonchev–Trinajstić information content (AvgIpc) is 2.35. The van der Waals surface area contributed by atoms with Crippen LogP contribution < -0.4 is 10.6 Å². The molecule has 2 rings (SSSR count). The van der Waals surface area contributed by atoms with Gasteiger partial charge in [0.2, 0.25) is 5.91 Å². The number of carbonyl (C=O) groups excluding carboxylic acids is 1. The molecule has 1 unspecified atom stereocenters. The molecule has 17 heavy (non-hydrogen) atoms. The molecule has 2 heterocycles. The van der Waals surface area contributed by atoms with E-state index in [1.807, 2.05) is 13.0 Å². The Morgan fingerprint density at radius 1 is 1.65 bits per heavy atom. The number of carbonyl (C=O) groups is 1. The van der Waals surface area contributed by atoms with Crippen LogP contribution in [0.25, 0.3) is 0 Å². The van der Waals surface area contributed by atoms with Crippen LogP contribution in [0.4, 0.5) is 5.69 Å². The first-order valence-corrected chi connectivity index (χ1v) is 6.60. The molecule has 2 N–H and O–H groups in total. The molecule has 1 atom stereocenters. The molecule has 1 aliphatic rings. The molecule has 0 bridgehead atoms. The highest BCUT2D eigenvalue weighted by Crippen LogP contribution is 2.18. The lowest BCUT2D eigenvalue weighted by atomic mass is 9.99. The number of nitrogens with zero attached hydrogens (tertiary/aromatic N) is 1. The predicted octanol–water partition coefficient (Wildman–Crippen LogP) is 2.09. The largest absolute Gasteiger partial charge is 0.324 e. The Bertz CT molecular complexity index is 416. The molecule has 92 valence electrons. The van der Waals surface area contributed by atoms with Gasteiger partial charge >= 0.3 is 0 Å². The Morgan fingerprint density at radius 3 is 3.12 bits per heavy atom. The standard InChI is InChI=1S/C12H16BrN3O/c1-8-5-10(7-15-11(8)13)16-12(17)9-3-2-4-14-6-9/h5,7,9,14H,2-4,6H2,1H3,(H,16,17). The van der Waals surface area contributed by atoms with E-state index in [1.165, 1.54) is 0 Å². The highest BCUT2D eigenvalue weighted by Gasteiger charge is 2.20. The molecule has 0 aromatic carbocycles. The highest BCUT2D eigenvalue weighted by molar-refractivity contribution is 9.10. The lowest BCUT2D eigenvalue weighted by molar-refractivity contribution is -0.120. The average molecular weight is 298 g/mol. The number of aryl methyl sites for hydroxylation is 1. The lowest BCUT2D eigenvalue weighted by Gasteiger charge is -2.21. The van der Waals surface area contributed by atoms with Gasteiger partial charge in [0.25, 0.3) is 0 Å². The summed E-state index contributed by atoms with van der Waals surface area (Å²) in [6, 6.07) is 1.92. The van der Waals surface area contributed by atoms with E-state index in [1.54, 1.807) is 6.20 Å². The third-order valence-electron chi connectivity index (χ3n) is 2.95. The summed E-state index contributed by atoms with van der Waals surface area (Å²) in [6.45, 7) is 3.74. The summed E-state index contributed by atoms with van der Waals surface area (Å²) in [6.07, 6.45) is 3.70. The predicted molar refractivity (Wildman–Crippen MR) is 70.9 cm³/mol. The summed E-state index contributed by atoms with van der Waals surface area (Å²) >= 11 is 3.34. The van der Waals surface area contributed by atoms with Gasteiger partial charge in [0, 0.05) is 6.54 Å². The molecule has 1 aliphatic heterocycles. The summed E-state index contributed by atoms with van der Waals surface area (Å²) in [4.78, 5) is 16.1. The lowest BCUT2D eigenvalue weighted by Crippen LogP contribution is -2.37. The second-order valence-electron chi connectivity index (χ2n) is 4.36. The van der Waals surface area contributed by atoms with Gasteiger partial charge in [-0.2, -0.15) is 0 Å². The fourth-order valence-corrected chi connectivity index (χ4v) is 2.16. The molecular weight excluding hydrogens is 282 g/mol. The van der Waals surface area contributed by atoms with Crippen LogP contribution in [0.2, 0.25) is 0 Å². The second kappa shape index (κ2) is 5.60. The number of hydrogen-bond donors (Lipinski definition) is 2. The minimum absolute atomic E-state index is 0.0766. The third kappa shape index (κ3) is 3.26. The molecule has 0 radical (unpaired) electrons. The van der Waals surface area contributed by atoms with Gasteiger partial charge in [-0.25, -0.2) is 4.98 Å². The Morgan fingerprint density at radius 2 is 2.47 bits per heavy atom. The maximum absolute atomic E-state index is 12.0. The van der Waals surface area contributed by atoms with Crippen molar-refractivity contribution in [1.82, 2.24) is 10.3 Å². The van der Waals surface area contributed by atoms with Crippen LogP contribution in [0.3, 0.4) is 0 Å². The zero-order valence-electron chi connectivity index (χ0n) is 9.79. The number of halogens is 1. The van der Waals surface area contributed by atoms with Crippen LogP contribution in [0.1, 0.15) is 18.4 Å². The van der Waals surface area contributed by atoms with Gasteiger partial charge < -0.3 is 10.6 Å². The van der Waals surface area contributed by atoms with Crippen molar-refractivity contribution in [3.8, 4) is 0 Å². The van der Waals surface area contributed by atoms with E-state index in [4.69, 9.17) is 0 Å². The van der Waals surface area contributed by atoms with Crippen molar-refractivity contribution in [1.29, 1.82) is 0 Å². The van der Waals surface area contributed by atoms with Crippen molar-refractivity contribution < 1.29 is 4.79 Å². The van der Waals surface area contributed by atoms with Gasteiger partial charge in [0.1, 0.15) is 4.60 Å². The van der Waals surface area contributed by atoms with E-state index in [0.717, 1.165) is 41.8 Å². The number of aromatic nitrogens is 1. The summed E-state index contributed by atoms with van der Waals surface area (Å²) in [5.74, 6) is 0.161. The summed E-state index contributed by atoms with van der Waals surface area (Å²) in [5, 5.41) is 6.16. The molecular formula is C12H16BrN3O. The Balaban J connectivity index is 1.99. The van der Waals surface area contributed by atoms with Gasteiger partial charge in [0.05, 0.1) is 17.8 Å². The SMILES string of the molecule is Cc1cc(NC(=O)C2CCCNC2)cnc1Br. The van der Waals surface area contributed by atoms with E-state index in [2.05, 4.69) is 31.5 Å². The van der Waals surface area contributed by atoms with Crippen molar-refractivity contribution in [2.24, 2.45) is 5.92 Å². The number of rotatable bonds is 2. The Hall–Kier alpha value is -0.940. The van der Waals surface area contributed by atoms with E-state index in [-0.39, 0.29) is 11.8 Å². The molecule has 1 amide bonds. The second-order valence-corrected chi connectivity index (χ2v) is 5.12. The molecule has 0 spiro atoms. The van der Waals surface area contributed by atoms with Crippen molar-refractivity contribution in [2.75, 3.05) is 18.4 Å². The number of piperidine rings is 1. The topological polar surface area (TPSA) is 54.0 Å².